The number of aromatic nitrogens is 3. The van der Waals surface area contributed by atoms with E-state index in [9.17, 15) is 9.90 Å². The highest BCUT2D eigenvalue weighted by Gasteiger charge is 2.23. The van der Waals surface area contributed by atoms with Crippen molar-refractivity contribution in [3.8, 4) is 11.3 Å². The van der Waals surface area contributed by atoms with Crippen LogP contribution < -0.4 is 4.90 Å². The summed E-state index contributed by atoms with van der Waals surface area (Å²) in [6.45, 7) is 4.78. The van der Waals surface area contributed by atoms with Gasteiger partial charge >= 0.3 is 0 Å². The first-order valence-electron chi connectivity index (χ1n) is 12.2. The number of anilines is 1. The Morgan fingerprint density at radius 1 is 1.06 bits per heavy atom. The maximum atomic E-state index is 11.8. The molecule has 4 aromatic rings. The van der Waals surface area contributed by atoms with Crippen molar-refractivity contribution in [3.63, 3.8) is 0 Å². The van der Waals surface area contributed by atoms with Crippen LogP contribution in [0.1, 0.15) is 35.3 Å². The number of amides is 1. The summed E-state index contributed by atoms with van der Waals surface area (Å²) < 4.78 is 7.86. The fourth-order valence-electron chi connectivity index (χ4n) is 4.64. The van der Waals surface area contributed by atoms with Crippen LogP contribution in [0.3, 0.4) is 0 Å². The fraction of sp³-hybridized carbons (Fsp3) is 0.276. The predicted molar refractivity (Wildman–Crippen MR) is 139 cm³/mol. The summed E-state index contributed by atoms with van der Waals surface area (Å²) in [5.74, 6) is 0.0560. The molecule has 2 atom stereocenters. The van der Waals surface area contributed by atoms with Crippen LogP contribution in [0.5, 0.6) is 0 Å². The molecule has 0 bridgehead atoms. The first-order valence-corrected chi connectivity index (χ1v) is 12.2. The molecule has 36 heavy (non-hydrogen) atoms. The highest BCUT2D eigenvalue weighted by atomic mass is 16.5. The molecular weight excluding hydrogens is 452 g/mol. The number of rotatable bonds is 8. The number of aliphatic hydroxyl groups is 1. The van der Waals surface area contributed by atoms with E-state index in [1.165, 1.54) is 5.56 Å². The van der Waals surface area contributed by atoms with Crippen molar-refractivity contribution in [2.75, 3.05) is 18.1 Å². The number of benzene rings is 3. The monoisotopic (exact) mass is 482 g/mol. The minimum atomic E-state index is -0.750. The fourth-order valence-corrected chi connectivity index (χ4v) is 4.64. The van der Waals surface area contributed by atoms with Crippen LogP contribution in [0.15, 0.2) is 79.0 Å². The Balaban J connectivity index is 1.24. The number of fused-ring (bicyclic) bond motifs is 1. The van der Waals surface area contributed by atoms with E-state index >= 15 is 0 Å². The van der Waals surface area contributed by atoms with Crippen molar-refractivity contribution in [3.05, 3.63) is 101 Å². The summed E-state index contributed by atoms with van der Waals surface area (Å²) in [6, 6.07) is 24.3. The van der Waals surface area contributed by atoms with Crippen molar-refractivity contribution < 1.29 is 14.6 Å². The van der Waals surface area contributed by atoms with E-state index in [-0.39, 0.29) is 25.2 Å². The van der Waals surface area contributed by atoms with Gasteiger partial charge in [-0.2, -0.15) is 0 Å². The largest absolute Gasteiger partial charge is 0.389 e. The summed E-state index contributed by atoms with van der Waals surface area (Å²) in [7, 11) is 0. The molecule has 2 unspecified atom stereocenters. The van der Waals surface area contributed by atoms with Crippen LogP contribution in [0.2, 0.25) is 0 Å². The maximum absolute atomic E-state index is 11.8. The maximum Gasteiger partial charge on any atom is 0.223 e. The number of carbonyl (C=O) groups excluding carboxylic acids is 1. The summed E-state index contributed by atoms with van der Waals surface area (Å²) in [5.41, 5.74) is 7.04. The van der Waals surface area contributed by atoms with Gasteiger partial charge in [-0.25, -0.2) is 4.68 Å². The normalized spacial score (nSPS) is 14.5. The molecule has 5 rings (SSSR count). The van der Waals surface area contributed by atoms with Crippen molar-refractivity contribution in [1.29, 1.82) is 0 Å². The van der Waals surface area contributed by atoms with Gasteiger partial charge in [0.05, 0.1) is 25.5 Å². The molecule has 0 saturated heterocycles. The average Bonchev–Trinajstić information content (AvgIpc) is 3.52. The Morgan fingerprint density at radius 2 is 1.81 bits per heavy atom. The zero-order valence-electron chi connectivity index (χ0n) is 20.5. The van der Waals surface area contributed by atoms with Gasteiger partial charge in [0.1, 0.15) is 11.8 Å². The number of aliphatic hydroxyl groups excluding tert-OH is 1. The number of aryl methyl sites for hydroxylation is 1. The van der Waals surface area contributed by atoms with E-state index < -0.39 is 6.10 Å². The molecule has 0 fully saturated rings. The molecule has 0 aliphatic carbocycles. The highest BCUT2D eigenvalue weighted by Crippen LogP contribution is 2.32. The van der Waals surface area contributed by atoms with E-state index in [0.29, 0.717) is 6.54 Å². The van der Waals surface area contributed by atoms with E-state index in [4.69, 9.17) is 4.74 Å². The van der Waals surface area contributed by atoms with Gasteiger partial charge in [-0.15, -0.1) is 5.10 Å². The number of hydrogen-bond acceptors (Lipinski definition) is 5. The number of ether oxygens (including phenoxy) is 1. The number of carbonyl (C=O) groups is 1. The molecule has 3 aromatic carbocycles. The molecule has 0 saturated carbocycles. The smallest absolute Gasteiger partial charge is 0.223 e. The summed E-state index contributed by atoms with van der Waals surface area (Å²) in [5, 5.41) is 19.2. The van der Waals surface area contributed by atoms with Crippen LogP contribution in [-0.4, -0.2) is 45.3 Å². The lowest BCUT2D eigenvalue weighted by Gasteiger charge is -2.21. The third-order valence-electron chi connectivity index (χ3n) is 6.53. The van der Waals surface area contributed by atoms with Gasteiger partial charge in [-0.3, -0.25) is 4.79 Å². The Kier molecular flexibility index (Phi) is 6.93. The molecule has 0 radical (unpaired) electrons. The predicted octanol–water partition coefficient (Wildman–Crippen LogP) is 4.33. The molecule has 184 valence electrons. The molecule has 1 N–H and O–H groups in total. The molecule has 1 aromatic heterocycles. The highest BCUT2D eigenvalue weighted by molar-refractivity contribution is 5.94. The first-order chi connectivity index (χ1) is 17.5. The molecular formula is C29H30N4O3. The lowest BCUT2D eigenvalue weighted by atomic mass is 10.0. The van der Waals surface area contributed by atoms with E-state index in [0.717, 1.165) is 40.1 Å². The van der Waals surface area contributed by atoms with Crippen LogP contribution in [0.25, 0.3) is 11.3 Å². The summed E-state index contributed by atoms with van der Waals surface area (Å²) in [6.07, 6.45) is 1.64. The quantitative estimate of drug-likeness (QED) is 0.404. The first kappa shape index (κ1) is 23.9. The van der Waals surface area contributed by atoms with Crippen LogP contribution >= 0.6 is 0 Å². The SMILES string of the molecule is CC(=O)N1CCc2cc(-c3cn(CC(O)COC(c4ccccc4)c4ccc(C)cc4)nn3)ccc21. The molecule has 1 aliphatic rings. The zero-order valence-corrected chi connectivity index (χ0v) is 20.5. The minimum absolute atomic E-state index is 0.0560. The van der Waals surface area contributed by atoms with E-state index in [2.05, 4.69) is 47.6 Å². The summed E-state index contributed by atoms with van der Waals surface area (Å²) in [4.78, 5) is 13.6. The van der Waals surface area contributed by atoms with Crippen LogP contribution in [0.4, 0.5) is 5.69 Å². The van der Waals surface area contributed by atoms with Gasteiger partial charge in [0.15, 0.2) is 0 Å². The van der Waals surface area contributed by atoms with Gasteiger partial charge in [-0.1, -0.05) is 71.4 Å². The molecule has 7 nitrogen and oxygen atoms in total. The second-order valence-corrected chi connectivity index (χ2v) is 9.28. The van der Waals surface area contributed by atoms with Crippen LogP contribution in [-0.2, 0) is 22.5 Å². The van der Waals surface area contributed by atoms with Crippen molar-refractivity contribution in [1.82, 2.24) is 15.0 Å². The molecule has 1 amide bonds. The van der Waals surface area contributed by atoms with E-state index in [1.807, 2.05) is 48.7 Å². The van der Waals surface area contributed by atoms with Crippen molar-refractivity contribution >= 4 is 11.6 Å². The Bertz CT molecular complexity index is 1330. The second-order valence-electron chi connectivity index (χ2n) is 9.28. The third-order valence-corrected chi connectivity index (χ3v) is 6.53. The Hall–Kier alpha value is -3.81. The lowest BCUT2D eigenvalue weighted by molar-refractivity contribution is -0.116. The molecule has 1 aliphatic heterocycles. The Morgan fingerprint density at radius 3 is 2.56 bits per heavy atom. The Labute approximate surface area is 211 Å². The van der Waals surface area contributed by atoms with E-state index in [1.54, 1.807) is 16.5 Å². The average molecular weight is 483 g/mol. The van der Waals surface area contributed by atoms with Crippen molar-refractivity contribution in [2.45, 2.75) is 39.0 Å². The number of nitrogens with zero attached hydrogens (tertiary/aromatic N) is 4. The molecule has 0 spiro atoms. The van der Waals surface area contributed by atoms with Gasteiger partial charge in [0.25, 0.3) is 0 Å². The van der Waals surface area contributed by atoms with Crippen molar-refractivity contribution in [2.24, 2.45) is 0 Å². The van der Waals surface area contributed by atoms with Crippen LogP contribution in [0, 0.1) is 6.92 Å². The third kappa shape index (κ3) is 5.22. The van der Waals surface area contributed by atoms with Gasteiger partial charge in [0.2, 0.25) is 5.91 Å². The molecule has 2 heterocycles. The van der Waals surface area contributed by atoms with Gasteiger partial charge in [0, 0.05) is 24.7 Å². The second kappa shape index (κ2) is 10.4. The summed E-state index contributed by atoms with van der Waals surface area (Å²) >= 11 is 0. The minimum Gasteiger partial charge on any atom is -0.389 e. The molecule has 7 heteroatoms. The lowest BCUT2D eigenvalue weighted by Crippen LogP contribution is -2.25. The zero-order chi connectivity index (χ0) is 25.1. The van der Waals surface area contributed by atoms with Gasteiger partial charge < -0.3 is 14.7 Å². The number of hydrogen-bond donors (Lipinski definition) is 1. The standard InChI is InChI=1S/C29H30N4O3/c1-20-8-10-23(11-9-20)29(22-6-4-3-5-7-22)36-19-26(35)17-32-18-27(30-31-32)24-12-13-28-25(16-24)14-15-33(28)21(2)34/h3-13,16,18,26,29,35H,14-15,17,19H2,1-2H3. The van der Waals surface area contributed by atoms with Gasteiger partial charge in [-0.05, 0) is 42.2 Å². The topological polar surface area (TPSA) is 80.5 Å².